The van der Waals surface area contributed by atoms with Crippen molar-refractivity contribution in [3.05, 3.63) is 64.1 Å². The number of aliphatic hydroxyl groups excluding tert-OH is 1. The lowest BCUT2D eigenvalue weighted by Crippen LogP contribution is -2.27. The highest BCUT2D eigenvalue weighted by Gasteiger charge is 2.11. The second kappa shape index (κ2) is 7.47. The molecule has 2 rings (SSSR count). The standard InChI is InChI=1S/C15H16BrFN2O/c16-13-4-5-15(17)12(9-13)10-19(7-8-20)11-14-3-1-2-6-18-14/h1-6,9,20H,7-8,10-11H2. The molecule has 0 unspecified atom stereocenters. The summed E-state index contributed by atoms with van der Waals surface area (Å²) in [4.78, 5) is 6.22. The molecule has 0 radical (unpaired) electrons. The van der Waals surface area contributed by atoms with Crippen LogP contribution in [0.25, 0.3) is 0 Å². The Bertz CT molecular complexity index is 551. The summed E-state index contributed by atoms with van der Waals surface area (Å²) in [5.74, 6) is -0.239. The molecule has 0 atom stereocenters. The molecule has 0 fully saturated rings. The van der Waals surface area contributed by atoms with Crippen LogP contribution in [0, 0.1) is 5.82 Å². The maximum Gasteiger partial charge on any atom is 0.127 e. The number of rotatable bonds is 6. The summed E-state index contributed by atoms with van der Waals surface area (Å²) in [6.07, 6.45) is 1.73. The van der Waals surface area contributed by atoms with E-state index in [0.29, 0.717) is 25.2 Å². The summed E-state index contributed by atoms with van der Waals surface area (Å²) in [5, 5.41) is 9.15. The Morgan fingerprint density at radius 2 is 2.05 bits per heavy atom. The molecule has 0 saturated carbocycles. The Labute approximate surface area is 126 Å². The van der Waals surface area contributed by atoms with E-state index < -0.39 is 0 Å². The number of hydrogen-bond acceptors (Lipinski definition) is 3. The lowest BCUT2D eigenvalue weighted by Gasteiger charge is -2.21. The van der Waals surface area contributed by atoms with Gasteiger partial charge in [-0.25, -0.2) is 4.39 Å². The van der Waals surface area contributed by atoms with Gasteiger partial charge in [0.05, 0.1) is 12.3 Å². The lowest BCUT2D eigenvalue weighted by molar-refractivity contribution is 0.181. The van der Waals surface area contributed by atoms with Crippen molar-refractivity contribution in [3.8, 4) is 0 Å². The van der Waals surface area contributed by atoms with Gasteiger partial charge in [-0.05, 0) is 30.3 Å². The zero-order valence-electron chi connectivity index (χ0n) is 11.0. The highest BCUT2D eigenvalue weighted by Crippen LogP contribution is 2.18. The minimum Gasteiger partial charge on any atom is -0.395 e. The van der Waals surface area contributed by atoms with Gasteiger partial charge in [0.25, 0.3) is 0 Å². The average Bonchev–Trinajstić information content (AvgIpc) is 2.44. The van der Waals surface area contributed by atoms with E-state index in [0.717, 1.165) is 10.2 Å². The molecule has 1 N–H and O–H groups in total. The normalized spacial score (nSPS) is 11.0. The highest BCUT2D eigenvalue weighted by molar-refractivity contribution is 9.10. The molecule has 0 aliphatic heterocycles. The van der Waals surface area contributed by atoms with E-state index in [9.17, 15) is 4.39 Å². The molecule has 1 heterocycles. The number of aromatic nitrogens is 1. The van der Waals surface area contributed by atoms with Crippen LogP contribution < -0.4 is 0 Å². The molecule has 0 amide bonds. The molecular weight excluding hydrogens is 323 g/mol. The minimum atomic E-state index is -0.239. The molecule has 3 nitrogen and oxygen atoms in total. The van der Waals surface area contributed by atoms with E-state index in [-0.39, 0.29) is 12.4 Å². The van der Waals surface area contributed by atoms with Gasteiger partial charge in [-0.3, -0.25) is 9.88 Å². The second-order valence-corrected chi connectivity index (χ2v) is 5.41. The highest BCUT2D eigenvalue weighted by atomic mass is 79.9. The van der Waals surface area contributed by atoms with Crippen LogP contribution in [0.5, 0.6) is 0 Å². The van der Waals surface area contributed by atoms with E-state index in [2.05, 4.69) is 20.9 Å². The van der Waals surface area contributed by atoms with Crippen molar-refractivity contribution in [2.24, 2.45) is 0 Å². The number of pyridine rings is 1. The third-order valence-corrected chi connectivity index (χ3v) is 3.42. The molecule has 0 saturated heterocycles. The fourth-order valence-electron chi connectivity index (χ4n) is 1.98. The zero-order chi connectivity index (χ0) is 14.4. The van der Waals surface area contributed by atoms with Crippen molar-refractivity contribution in [2.45, 2.75) is 13.1 Å². The summed E-state index contributed by atoms with van der Waals surface area (Å²) in [6.45, 7) is 1.51. The average molecular weight is 339 g/mol. The molecule has 20 heavy (non-hydrogen) atoms. The quantitative estimate of drug-likeness (QED) is 0.879. The van der Waals surface area contributed by atoms with Gasteiger partial charge in [0.1, 0.15) is 5.82 Å². The van der Waals surface area contributed by atoms with E-state index in [1.54, 1.807) is 18.3 Å². The predicted octanol–water partition coefficient (Wildman–Crippen LogP) is 2.98. The molecule has 1 aromatic carbocycles. The van der Waals surface area contributed by atoms with Crippen molar-refractivity contribution < 1.29 is 9.50 Å². The Kier molecular flexibility index (Phi) is 5.64. The number of nitrogens with zero attached hydrogens (tertiary/aromatic N) is 2. The Hall–Kier alpha value is -1.30. The van der Waals surface area contributed by atoms with Gasteiger partial charge in [0.2, 0.25) is 0 Å². The largest absolute Gasteiger partial charge is 0.395 e. The molecule has 1 aromatic heterocycles. The van der Waals surface area contributed by atoms with Crippen LogP contribution in [-0.4, -0.2) is 28.1 Å². The van der Waals surface area contributed by atoms with Crippen LogP contribution in [0.3, 0.4) is 0 Å². The third-order valence-electron chi connectivity index (χ3n) is 2.93. The van der Waals surface area contributed by atoms with Gasteiger partial charge in [-0.1, -0.05) is 22.0 Å². The zero-order valence-corrected chi connectivity index (χ0v) is 12.6. The number of halogens is 2. The number of aliphatic hydroxyl groups is 1. The van der Waals surface area contributed by atoms with Crippen LogP contribution in [0.15, 0.2) is 47.1 Å². The Balaban J connectivity index is 2.11. The van der Waals surface area contributed by atoms with Crippen molar-refractivity contribution in [1.82, 2.24) is 9.88 Å². The van der Waals surface area contributed by atoms with E-state index in [1.807, 2.05) is 23.1 Å². The van der Waals surface area contributed by atoms with E-state index in [4.69, 9.17) is 5.11 Å². The van der Waals surface area contributed by atoms with E-state index >= 15 is 0 Å². The molecule has 0 spiro atoms. The van der Waals surface area contributed by atoms with Crippen LogP contribution in [-0.2, 0) is 13.1 Å². The fourth-order valence-corrected chi connectivity index (χ4v) is 2.39. The van der Waals surface area contributed by atoms with Crippen LogP contribution >= 0.6 is 15.9 Å². The van der Waals surface area contributed by atoms with Crippen molar-refractivity contribution in [1.29, 1.82) is 0 Å². The summed E-state index contributed by atoms with van der Waals surface area (Å²) in [7, 11) is 0. The molecule has 5 heteroatoms. The molecule has 106 valence electrons. The maximum atomic E-state index is 13.8. The summed E-state index contributed by atoms with van der Waals surface area (Å²) in [5.41, 5.74) is 1.50. The monoisotopic (exact) mass is 338 g/mol. The van der Waals surface area contributed by atoms with Crippen LogP contribution in [0.2, 0.25) is 0 Å². The molecule has 0 aliphatic rings. The van der Waals surface area contributed by atoms with Gasteiger partial charge >= 0.3 is 0 Å². The first kappa shape index (κ1) is 15.1. The molecular formula is C15H16BrFN2O. The smallest absolute Gasteiger partial charge is 0.127 e. The minimum absolute atomic E-state index is 0.0302. The summed E-state index contributed by atoms with van der Waals surface area (Å²) in [6, 6.07) is 10.6. The summed E-state index contributed by atoms with van der Waals surface area (Å²) < 4.78 is 14.6. The van der Waals surface area contributed by atoms with Crippen molar-refractivity contribution >= 4 is 15.9 Å². The first-order chi connectivity index (χ1) is 9.69. The van der Waals surface area contributed by atoms with Gasteiger partial charge in [-0.15, -0.1) is 0 Å². The van der Waals surface area contributed by atoms with Crippen molar-refractivity contribution in [3.63, 3.8) is 0 Å². The van der Waals surface area contributed by atoms with Gasteiger partial charge < -0.3 is 5.11 Å². The fraction of sp³-hybridized carbons (Fsp3) is 0.267. The van der Waals surface area contributed by atoms with Gasteiger partial charge in [0, 0.05) is 35.9 Å². The van der Waals surface area contributed by atoms with Crippen molar-refractivity contribution in [2.75, 3.05) is 13.2 Å². The molecule has 0 aliphatic carbocycles. The molecule has 2 aromatic rings. The predicted molar refractivity (Wildman–Crippen MR) is 79.5 cm³/mol. The number of hydrogen-bond donors (Lipinski definition) is 1. The van der Waals surface area contributed by atoms with E-state index in [1.165, 1.54) is 6.07 Å². The van der Waals surface area contributed by atoms with Crippen LogP contribution in [0.4, 0.5) is 4.39 Å². The third kappa shape index (κ3) is 4.37. The van der Waals surface area contributed by atoms with Gasteiger partial charge in [0.15, 0.2) is 0 Å². The number of benzene rings is 1. The second-order valence-electron chi connectivity index (χ2n) is 4.49. The first-order valence-corrected chi connectivity index (χ1v) is 7.15. The van der Waals surface area contributed by atoms with Crippen LogP contribution in [0.1, 0.15) is 11.3 Å². The lowest BCUT2D eigenvalue weighted by atomic mass is 10.2. The molecule has 0 bridgehead atoms. The van der Waals surface area contributed by atoms with Gasteiger partial charge in [-0.2, -0.15) is 0 Å². The SMILES string of the molecule is OCCN(Cc1ccccn1)Cc1cc(Br)ccc1F. The Morgan fingerprint density at radius 3 is 2.75 bits per heavy atom. The summed E-state index contributed by atoms with van der Waals surface area (Å²) >= 11 is 3.35. The Morgan fingerprint density at radius 1 is 1.20 bits per heavy atom. The topological polar surface area (TPSA) is 36.4 Å². The maximum absolute atomic E-state index is 13.8. The first-order valence-electron chi connectivity index (χ1n) is 6.36.